The Bertz CT molecular complexity index is 9340. The number of para-hydroxylation sites is 5. The number of aryl methyl sites for hydroxylation is 12. The maximum Gasteiger partial charge on any atom is 0.227 e. The molecule has 141 heavy (non-hydrogen) atoms. The Hall–Kier alpha value is -16.0. The summed E-state index contributed by atoms with van der Waals surface area (Å²) in [4.78, 5) is 23.9. The normalized spacial score (nSPS) is 12.6. The first-order valence-electron chi connectivity index (χ1n) is 49.4. The molecule has 0 unspecified atom stereocenters. The molecule has 0 aliphatic heterocycles. The fourth-order valence-electron chi connectivity index (χ4n) is 21.1. The van der Waals surface area contributed by atoms with E-state index in [2.05, 4.69) is 360 Å². The van der Waals surface area contributed by atoms with E-state index >= 15 is 0 Å². The van der Waals surface area contributed by atoms with Gasteiger partial charge in [0.2, 0.25) is 57.0 Å². The Morgan fingerprint density at radius 1 is 0.305 bits per heavy atom. The number of nitrogens with zero attached hydrogens (tertiary/aromatic N) is 10. The van der Waals surface area contributed by atoms with Gasteiger partial charge in [-0.05, 0) is 196 Å². The summed E-state index contributed by atoms with van der Waals surface area (Å²) in [6, 6.07) is 95.9. The van der Waals surface area contributed by atoms with Crippen molar-refractivity contribution in [1.82, 2.24) is 24.9 Å². The van der Waals surface area contributed by atoms with Gasteiger partial charge >= 0.3 is 0 Å². The van der Waals surface area contributed by atoms with Gasteiger partial charge < -0.3 is 22.1 Å². The van der Waals surface area contributed by atoms with Gasteiger partial charge in [-0.15, -0.1) is 0 Å². The monoisotopic (exact) mass is 1850 g/mol. The topological polar surface area (TPSA) is 150 Å². The Kier molecular flexibility index (Phi) is 23.3. The Balaban J connectivity index is 0.000000101. The molecule has 0 spiro atoms. The second-order valence-electron chi connectivity index (χ2n) is 40.0. The number of pyridine rings is 10. The molecule has 10 aromatic carbocycles. The van der Waals surface area contributed by atoms with E-state index in [0.29, 0.717) is 40.4 Å². The average Bonchev–Trinajstić information content (AvgIpc) is 1.61. The molecule has 1 aliphatic carbocycles. The summed E-state index contributed by atoms with van der Waals surface area (Å²) in [7, 11) is 10.5. The lowest BCUT2D eigenvalue weighted by atomic mass is 9.84. The Morgan fingerprint density at radius 2 is 0.617 bits per heavy atom. The van der Waals surface area contributed by atoms with E-state index in [-0.39, 0.29) is 5.41 Å². The fourth-order valence-corrected chi connectivity index (χ4v) is 21.1. The van der Waals surface area contributed by atoms with Gasteiger partial charge in [-0.2, -0.15) is 0 Å². The van der Waals surface area contributed by atoms with Crippen LogP contribution in [0.2, 0.25) is 0 Å². The summed E-state index contributed by atoms with van der Waals surface area (Å²) < 4.78 is 42.7. The first kappa shape index (κ1) is 90.2. The maximum atomic E-state index is 6.44. The van der Waals surface area contributed by atoms with Crippen LogP contribution in [0.3, 0.4) is 0 Å². The number of hydrogen-bond donors (Lipinski definition) is 0. The third-order valence-corrected chi connectivity index (χ3v) is 29.0. The lowest BCUT2D eigenvalue weighted by Crippen LogP contribution is -2.32. The van der Waals surface area contributed by atoms with Gasteiger partial charge in [0.1, 0.15) is 35.2 Å². The van der Waals surface area contributed by atoms with Gasteiger partial charge in [0.05, 0.1) is 55.4 Å². The molecule has 0 N–H and O–H groups in total. The molecule has 15 heterocycles. The van der Waals surface area contributed by atoms with Crippen LogP contribution in [-0.4, -0.2) is 24.9 Å². The molecule has 1 aliphatic rings. The van der Waals surface area contributed by atoms with Gasteiger partial charge in [0.25, 0.3) is 0 Å². The largest absolute Gasteiger partial charge is 0.437 e. The predicted molar refractivity (Wildman–Crippen MR) is 575 cm³/mol. The summed E-state index contributed by atoms with van der Waals surface area (Å²) in [5, 5.41) is 16.6. The van der Waals surface area contributed by atoms with Crippen molar-refractivity contribution in [2.24, 2.45) is 35.2 Å². The van der Waals surface area contributed by atoms with E-state index in [1.165, 1.54) is 99.0 Å². The lowest BCUT2D eigenvalue weighted by molar-refractivity contribution is -0.660. The molecule has 0 bridgehead atoms. The van der Waals surface area contributed by atoms with E-state index in [0.717, 1.165) is 188 Å². The number of fused-ring (bicyclic) bond motifs is 20. The molecule has 15 nitrogen and oxygen atoms in total. The molecule has 15 heteroatoms. The SMILES string of the molecule is CCc1ccc(-c2c(C)ccc3c2oc2nc4ccccc4cc23)[n+](C)c1.Cc1ccc(-c2c(C)ccc3c2oc2nc4ccccc4cc23)[n+](C)c1.Cc1ccc2c(oc3nc4ccccc4cc32)c1-c1cc(C(C)(C)C)cc[n+]1C.Cc1ccc2c(oc3nc4ccccc4cc32)c1-c1cc(C2CCCCC2)cc[n+]1C.Cc1ccc2c(oc3nc4ccccc4cc32)c1-c1ccc(C(C)C)c[n+]1C. The molecule has 25 aromatic rings. The van der Waals surface area contributed by atoms with Crippen LogP contribution in [0.1, 0.15) is 141 Å². The third kappa shape index (κ3) is 16.6. The van der Waals surface area contributed by atoms with Crippen molar-refractivity contribution in [3.63, 3.8) is 0 Å². The number of rotatable bonds is 8. The standard InChI is InChI=1S/C28H27N2O.C26H25N2O.C25H23N2O.C24H21N2O.C23H19N2O/c1-18-12-13-22-23-16-21-10-6-7-11-24(21)29-28(23)31-27(22)26(18)25-17-20(14-15-30(25)2)19-8-4-3-5-9-19;1-16-10-11-19-20-14-17-8-6-7-9-21(17)27-25(20)29-24(19)23(16)22-15-18(26(2,3)4)12-13-28(22)5;1-15(2)18-10-12-22(27(4)14-18)23-16(3)9-11-19-20-13-17-7-5-6-8-21(17)26-25(20)28-24(19)23;1-4-16-10-12-21(26(3)14-16)22-15(2)9-11-18-19-13-17-7-5-6-8-20(17)25-24(19)27-23(18)22;1-14-8-11-20(25(3)13-14)21-15(2)9-10-17-18-12-16-6-4-5-7-19(16)24-23(18)26-22(17)21/h6-7,10-17,19H,3-5,8-9H2,1-2H3;6-15H,1-5H3;5-15H,1-4H3;5-14H,4H2,1-3H3;4-13H,1-3H3/q5*+1. The van der Waals surface area contributed by atoms with E-state index in [1.807, 2.05) is 84.9 Å². The molecule has 1 fully saturated rings. The van der Waals surface area contributed by atoms with E-state index in [9.17, 15) is 0 Å². The summed E-state index contributed by atoms with van der Waals surface area (Å²) in [6.45, 7) is 26.2. The van der Waals surface area contributed by atoms with Crippen LogP contribution in [0.5, 0.6) is 0 Å². The van der Waals surface area contributed by atoms with Crippen LogP contribution < -0.4 is 22.8 Å². The molecule has 0 amide bonds. The zero-order chi connectivity index (χ0) is 97.1. The van der Waals surface area contributed by atoms with Crippen molar-refractivity contribution < 1.29 is 44.9 Å². The van der Waals surface area contributed by atoms with Gasteiger partial charge in [0.15, 0.2) is 58.9 Å². The molecular formula is C126H115N10O5+5. The van der Waals surface area contributed by atoms with Crippen LogP contribution in [-0.2, 0) is 47.1 Å². The second kappa shape index (κ2) is 36.4. The van der Waals surface area contributed by atoms with Crippen molar-refractivity contribution in [3.8, 4) is 56.3 Å². The highest BCUT2D eigenvalue weighted by molar-refractivity contribution is 6.16. The third-order valence-electron chi connectivity index (χ3n) is 29.0. The molecule has 694 valence electrons. The van der Waals surface area contributed by atoms with Crippen LogP contribution in [0, 0.1) is 41.5 Å². The van der Waals surface area contributed by atoms with Crippen LogP contribution in [0.25, 0.3) is 221 Å². The number of aromatic nitrogens is 10. The highest BCUT2D eigenvalue weighted by Crippen LogP contribution is 2.46. The lowest BCUT2D eigenvalue weighted by Gasteiger charge is -2.21. The van der Waals surface area contributed by atoms with Crippen LogP contribution in [0.4, 0.5) is 0 Å². The van der Waals surface area contributed by atoms with E-state index < -0.39 is 0 Å². The smallest absolute Gasteiger partial charge is 0.227 e. The Morgan fingerprint density at radius 3 is 0.943 bits per heavy atom. The molecule has 0 radical (unpaired) electrons. The highest BCUT2D eigenvalue weighted by Gasteiger charge is 2.31. The molecule has 1 saturated carbocycles. The van der Waals surface area contributed by atoms with Gasteiger partial charge in [0, 0.05) is 140 Å². The number of furan rings is 5. The molecule has 0 saturated heterocycles. The number of hydrogen-bond acceptors (Lipinski definition) is 10. The second-order valence-corrected chi connectivity index (χ2v) is 40.0. The maximum absolute atomic E-state index is 6.44. The van der Waals surface area contributed by atoms with Gasteiger partial charge in [-0.25, -0.2) is 47.8 Å². The van der Waals surface area contributed by atoms with Crippen molar-refractivity contribution in [2.75, 3.05) is 0 Å². The minimum Gasteiger partial charge on any atom is -0.437 e. The predicted octanol–water partition coefficient (Wildman–Crippen LogP) is 30.0. The molecule has 15 aromatic heterocycles. The van der Waals surface area contributed by atoms with E-state index in [4.69, 9.17) is 47.0 Å². The van der Waals surface area contributed by atoms with Crippen molar-refractivity contribution in [1.29, 1.82) is 0 Å². The average molecular weight is 1850 g/mol. The zero-order valence-electron chi connectivity index (χ0n) is 83.3. The van der Waals surface area contributed by atoms with Gasteiger partial charge in [-0.3, -0.25) is 0 Å². The summed E-state index contributed by atoms with van der Waals surface area (Å²) in [6.07, 6.45) is 18.6. The van der Waals surface area contributed by atoms with Crippen molar-refractivity contribution >= 4 is 165 Å². The zero-order valence-corrected chi connectivity index (χ0v) is 83.3. The fraction of sp³-hybridized carbons (Fsp3) is 0.206. The number of benzene rings is 10. The van der Waals surface area contributed by atoms with E-state index in [1.54, 1.807) is 0 Å². The molecule has 26 rings (SSSR count). The van der Waals surface area contributed by atoms with Crippen molar-refractivity contribution in [2.45, 2.75) is 139 Å². The minimum atomic E-state index is 0.0813. The van der Waals surface area contributed by atoms with Crippen LogP contribution in [0.15, 0.2) is 326 Å². The quantitative estimate of drug-likeness (QED) is 0.135. The minimum absolute atomic E-state index is 0.0813. The molecule has 0 atom stereocenters. The van der Waals surface area contributed by atoms with Crippen molar-refractivity contribution in [3.05, 3.63) is 360 Å². The Labute approximate surface area is 819 Å². The first-order valence-corrected chi connectivity index (χ1v) is 49.4. The van der Waals surface area contributed by atoms with Gasteiger partial charge in [-0.1, -0.05) is 212 Å². The summed E-state index contributed by atoms with van der Waals surface area (Å²) in [5.41, 5.74) is 37.2. The van der Waals surface area contributed by atoms with Crippen LogP contribution >= 0.6 is 0 Å². The summed E-state index contributed by atoms with van der Waals surface area (Å²) >= 11 is 0. The summed E-state index contributed by atoms with van der Waals surface area (Å²) in [5.74, 6) is 1.18. The molecular weight excluding hydrogens is 1730 g/mol. The highest BCUT2D eigenvalue weighted by atomic mass is 16.4. The first-order chi connectivity index (χ1) is 68.3.